The largest absolute Gasteiger partial charge is 0.272 e. The normalized spacial score (nSPS) is 27.6. The van der Waals surface area contributed by atoms with Gasteiger partial charge in [0.1, 0.15) is 0 Å². The molecule has 4 heteroatoms. The molecule has 1 saturated carbocycles. The lowest BCUT2D eigenvalue weighted by Crippen LogP contribution is -2.35. The molecule has 3 rings (SSSR count). The minimum atomic E-state index is -0.194. The van der Waals surface area contributed by atoms with E-state index in [9.17, 15) is 4.79 Å². The van der Waals surface area contributed by atoms with Crippen molar-refractivity contribution in [1.29, 1.82) is 0 Å². The highest BCUT2D eigenvalue weighted by atomic mass is 16.2. The summed E-state index contributed by atoms with van der Waals surface area (Å²) in [6.07, 6.45) is 9.66. The van der Waals surface area contributed by atoms with Crippen LogP contribution in [-0.2, 0) is 0 Å². The minimum absolute atomic E-state index is 0.194. The van der Waals surface area contributed by atoms with Crippen molar-refractivity contribution in [2.75, 3.05) is 0 Å². The topological polar surface area (TPSA) is 54.4 Å². The van der Waals surface area contributed by atoms with Gasteiger partial charge in [-0.05, 0) is 30.9 Å². The number of hydrogen-bond acceptors (Lipinski definition) is 3. The molecule has 0 radical (unpaired) electrons. The molecule has 1 amide bonds. The highest BCUT2D eigenvalue weighted by Crippen LogP contribution is 2.39. The predicted octanol–water partition coefficient (Wildman–Crippen LogP) is 1.76. The van der Waals surface area contributed by atoms with Gasteiger partial charge in [-0.3, -0.25) is 9.78 Å². The Kier molecular flexibility index (Phi) is 2.48. The van der Waals surface area contributed by atoms with Crippen LogP contribution in [0.4, 0.5) is 0 Å². The van der Waals surface area contributed by atoms with Gasteiger partial charge in [0.25, 0.3) is 5.91 Å². The zero-order chi connectivity index (χ0) is 11.7. The summed E-state index contributed by atoms with van der Waals surface area (Å²) in [5.74, 6) is 0.994. The van der Waals surface area contributed by atoms with Gasteiger partial charge in [0.05, 0.1) is 5.56 Å². The van der Waals surface area contributed by atoms with Crippen LogP contribution in [0.5, 0.6) is 0 Å². The first kappa shape index (κ1) is 10.2. The van der Waals surface area contributed by atoms with E-state index < -0.39 is 0 Å². The van der Waals surface area contributed by atoms with Crippen molar-refractivity contribution in [3.05, 3.63) is 42.2 Å². The Hall–Kier alpha value is -1.97. The molecule has 17 heavy (non-hydrogen) atoms. The molecular weight excluding hydrogens is 214 g/mol. The lowest BCUT2D eigenvalue weighted by atomic mass is 9.74. The van der Waals surface area contributed by atoms with E-state index >= 15 is 0 Å². The Morgan fingerprint density at radius 3 is 3.24 bits per heavy atom. The third-order valence-electron chi connectivity index (χ3n) is 3.39. The standard InChI is InChI=1S/C13H13N3O/c17-13(10-4-2-6-14-8-10)16-15-12-7-9-3-1-5-11(9)12/h1-4,6,8-9,11H,5,7H2,(H,16,17). The summed E-state index contributed by atoms with van der Waals surface area (Å²) in [5.41, 5.74) is 4.24. The minimum Gasteiger partial charge on any atom is -0.267 e. The Morgan fingerprint density at radius 2 is 2.47 bits per heavy atom. The maximum absolute atomic E-state index is 11.7. The van der Waals surface area contributed by atoms with Crippen LogP contribution in [0.15, 0.2) is 41.8 Å². The maximum atomic E-state index is 11.7. The summed E-state index contributed by atoms with van der Waals surface area (Å²) in [4.78, 5) is 15.6. The highest BCUT2D eigenvalue weighted by Gasteiger charge is 2.37. The summed E-state index contributed by atoms with van der Waals surface area (Å²) in [6, 6.07) is 3.46. The van der Waals surface area contributed by atoms with E-state index in [2.05, 4.69) is 27.7 Å². The summed E-state index contributed by atoms with van der Waals surface area (Å²) < 4.78 is 0. The van der Waals surface area contributed by atoms with Gasteiger partial charge in [0.2, 0.25) is 0 Å². The summed E-state index contributed by atoms with van der Waals surface area (Å²) in [6.45, 7) is 0. The number of aromatic nitrogens is 1. The van der Waals surface area contributed by atoms with E-state index in [0.717, 1.165) is 18.6 Å². The molecule has 0 saturated heterocycles. The summed E-state index contributed by atoms with van der Waals surface area (Å²) in [5, 5.41) is 4.20. The van der Waals surface area contributed by atoms with Crippen LogP contribution in [0.25, 0.3) is 0 Å². The average molecular weight is 227 g/mol. The van der Waals surface area contributed by atoms with E-state index in [-0.39, 0.29) is 5.91 Å². The Bertz CT molecular complexity index is 493. The van der Waals surface area contributed by atoms with Gasteiger partial charge < -0.3 is 0 Å². The number of amides is 1. The van der Waals surface area contributed by atoms with Crippen molar-refractivity contribution in [2.24, 2.45) is 16.9 Å². The number of fused-ring (bicyclic) bond motifs is 1. The summed E-state index contributed by atoms with van der Waals surface area (Å²) in [7, 11) is 0. The van der Waals surface area contributed by atoms with Crippen molar-refractivity contribution in [1.82, 2.24) is 10.4 Å². The van der Waals surface area contributed by atoms with Gasteiger partial charge in [0, 0.05) is 24.0 Å². The van der Waals surface area contributed by atoms with Crippen molar-refractivity contribution < 1.29 is 4.79 Å². The molecule has 0 bridgehead atoms. The fourth-order valence-electron chi connectivity index (χ4n) is 2.35. The van der Waals surface area contributed by atoms with E-state index in [4.69, 9.17) is 0 Å². The molecule has 1 aromatic heterocycles. The lowest BCUT2D eigenvalue weighted by Gasteiger charge is -2.31. The molecule has 1 aromatic rings. The van der Waals surface area contributed by atoms with Crippen LogP contribution in [0, 0.1) is 11.8 Å². The Labute approximate surface area is 99.4 Å². The van der Waals surface area contributed by atoms with Crippen LogP contribution < -0.4 is 5.43 Å². The number of nitrogens with one attached hydrogen (secondary N) is 1. The van der Waals surface area contributed by atoms with Crippen LogP contribution in [0.2, 0.25) is 0 Å². The molecular formula is C13H13N3O. The second-order valence-corrected chi connectivity index (χ2v) is 4.42. The van der Waals surface area contributed by atoms with Crippen LogP contribution in [-0.4, -0.2) is 16.6 Å². The molecule has 2 aliphatic carbocycles. The average Bonchev–Trinajstić information content (AvgIpc) is 2.72. The Morgan fingerprint density at radius 1 is 1.53 bits per heavy atom. The SMILES string of the molecule is O=C(NN=C1CC2C=CCC12)c1cccnc1. The van der Waals surface area contributed by atoms with Gasteiger partial charge in [-0.1, -0.05) is 12.2 Å². The highest BCUT2D eigenvalue weighted by molar-refractivity contribution is 5.97. The molecule has 0 spiro atoms. The van der Waals surface area contributed by atoms with Crippen molar-refractivity contribution in [3.8, 4) is 0 Å². The zero-order valence-corrected chi connectivity index (χ0v) is 9.34. The van der Waals surface area contributed by atoms with Gasteiger partial charge >= 0.3 is 0 Å². The first-order valence-electron chi connectivity index (χ1n) is 5.78. The number of hydrazone groups is 1. The molecule has 2 atom stereocenters. The monoisotopic (exact) mass is 227 g/mol. The molecule has 2 aliphatic rings. The van der Waals surface area contributed by atoms with Crippen molar-refractivity contribution >= 4 is 11.6 Å². The molecule has 0 aromatic carbocycles. The van der Waals surface area contributed by atoms with Crippen LogP contribution >= 0.6 is 0 Å². The quantitative estimate of drug-likeness (QED) is 0.618. The van der Waals surface area contributed by atoms with Gasteiger partial charge in [-0.15, -0.1) is 0 Å². The second-order valence-electron chi connectivity index (χ2n) is 4.42. The van der Waals surface area contributed by atoms with E-state index in [1.165, 1.54) is 6.20 Å². The second kappa shape index (κ2) is 4.13. The fraction of sp³-hybridized carbons (Fsp3) is 0.308. The molecule has 1 fully saturated rings. The van der Waals surface area contributed by atoms with Crippen LogP contribution in [0.1, 0.15) is 23.2 Å². The van der Waals surface area contributed by atoms with E-state index in [0.29, 0.717) is 17.4 Å². The third-order valence-corrected chi connectivity index (χ3v) is 3.39. The molecule has 4 nitrogen and oxygen atoms in total. The van der Waals surface area contributed by atoms with Gasteiger partial charge in [-0.25, -0.2) is 5.43 Å². The number of hydrogen-bond donors (Lipinski definition) is 1. The first-order chi connectivity index (χ1) is 8.34. The molecule has 2 unspecified atom stereocenters. The first-order valence-corrected chi connectivity index (χ1v) is 5.78. The number of rotatable bonds is 2. The summed E-state index contributed by atoms with van der Waals surface area (Å²) >= 11 is 0. The molecule has 0 aliphatic heterocycles. The number of nitrogens with zero attached hydrogens (tertiary/aromatic N) is 2. The molecule has 1 N–H and O–H groups in total. The Balaban J connectivity index is 1.62. The maximum Gasteiger partial charge on any atom is 0.272 e. The smallest absolute Gasteiger partial charge is 0.267 e. The lowest BCUT2D eigenvalue weighted by molar-refractivity contribution is 0.0953. The number of carbonyl (C=O) groups excluding carboxylic acids is 1. The third kappa shape index (κ3) is 1.86. The van der Waals surface area contributed by atoms with Crippen LogP contribution in [0.3, 0.4) is 0 Å². The number of carbonyl (C=O) groups is 1. The fourth-order valence-corrected chi connectivity index (χ4v) is 2.35. The number of pyridine rings is 1. The van der Waals surface area contributed by atoms with Gasteiger partial charge in [-0.2, -0.15) is 5.10 Å². The molecule has 86 valence electrons. The van der Waals surface area contributed by atoms with E-state index in [1.807, 2.05) is 0 Å². The number of allylic oxidation sites excluding steroid dienone is 2. The van der Waals surface area contributed by atoms with Crippen molar-refractivity contribution in [2.45, 2.75) is 12.8 Å². The van der Waals surface area contributed by atoms with Crippen molar-refractivity contribution in [3.63, 3.8) is 0 Å². The van der Waals surface area contributed by atoms with E-state index in [1.54, 1.807) is 18.3 Å². The van der Waals surface area contributed by atoms with Gasteiger partial charge in [0.15, 0.2) is 0 Å². The predicted molar refractivity (Wildman–Crippen MR) is 64.5 cm³/mol. The zero-order valence-electron chi connectivity index (χ0n) is 9.34. The molecule has 1 heterocycles.